The van der Waals surface area contributed by atoms with Gasteiger partial charge in [-0.3, -0.25) is 4.79 Å². The number of benzene rings is 3. The van der Waals surface area contributed by atoms with Crippen molar-refractivity contribution in [3.63, 3.8) is 0 Å². The quantitative estimate of drug-likeness (QED) is 0.329. The van der Waals surface area contributed by atoms with Crippen molar-refractivity contribution in [2.24, 2.45) is 0 Å². The van der Waals surface area contributed by atoms with Gasteiger partial charge in [-0.2, -0.15) is 0 Å². The number of hydrogen-bond acceptors (Lipinski definition) is 4. The molecule has 0 unspecified atom stereocenters. The van der Waals surface area contributed by atoms with Crippen LogP contribution in [0, 0.1) is 0 Å². The van der Waals surface area contributed by atoms with Crippen LogP contribution in [0.4, 0.5) is 0 Å². The van der Waals surface area contributed by atoms with Crippen LogP contribution in [0.15, 0.2) is 82.1 Å². The van der Waals surface area contributed by atoms with E-state index in [1.165, 1.54) is 0 Å². The lowest BCUT2D eigenvalue weighted by Crippen LogP contribution is -2.23. The molecule has 0 aliphatic heterocycles. The molecule has 0 bridgehead atoms. The van der Waals surface area contributed by atoms with E-state index in [4.69, 9.17) is 14.2 Å². The Morgan fingerprint density at radius 1 is 0.871 bits per heavy atom. The Morgan fingerprint density at radius 3 is 2.26 bits per heavy atom. The molecule has 4 aromatic rings. The first-order valence-corrected chi connectivity index (χ1v) is 10.6. The molecule has 1 aromatic heterocycles. The Bertz CT molecular complexity index is 1260. The van der Waals surface area contributed by atoms with Crippen molar-refractivity contribution in [1.82, 2.24) is 4.57 Å². The zero-order chi connectivity index (χ0) is 21.8. The standard InChI is InChI=1S/C25H22BrNO4/c1-29-16-31-22-10-6-5-9-21(22)24-23(26)19-7-3-4-8-20(19)25(28)27(24)15-17-11-13-18(30-2)14-12-17/h3-14H,15-16H2,1-2H3. The number of para-hydroxylation sites is 1. The highest BCUT2D eigenvalue weighted by molar-refractivity contribution is 9.10. The van der Waals surface area contributed by atoms with Crippen LogP contribution in [0.5, 0.6) is 11.5 Å². The molecule has 0 atom stereocenters. The molecule has 4 rings (SSSR count). The Kier molecular flexibility index (Phi) is 6.39. The number of halogens is 1. The molecule has 0 saturated heterocycles. The van der Waals surface area contributed by atoms with Crippen molar-refractivity contribution in [2.45, 2.75) is 6.54 Å². The second kappa shape index (κ2) is 9.37. The lowest BCUT2D eigenvalue weighted by Gasteiger charge is -2.20. The lowest BCUT2D eigenvalue weighted by molar-refractivity contribution is 0.0515. The van der Waals surface area contributed by atoms with Crippen molar-refractivity contribution in [2.75, 3.05) is 21.0 Å². The van der Waals surface area contributed by atoms with Crippen LogP contribution in [0.1, 0.15) is 5.56 Å². The van der Waals surface area contributed by atoms with Crippen molar-refractivity contribution < 1.29 is 14.2 Å². The topological polar surface area (TPSA) is 49.7 Å². The summed E-state index contributed by atoms with van der Waals surface area (Å²) in [7, 11) is 3.21. The van der Waals surface area contributed by atoms with Gasteiger partial charge >= 0.3 is 0 Å². The van der Waals surface area contributed by atoms with Gasteiger partial charge in [0, 0.05) is 23.4 Å². The van der Waals surface area contributed by atoms with Gasteiger partial charge in [-0.1, -0.05) is 42.5 Å². The largest absolute Gasteiger partial charge is 0.497 e. The van der Waals surface area contributed by atoms with E-state index < -0.39 is 0 Å². The van der Waals surface area contributed by atoms with Crippen LogP contribution in [0.2, 0.25) is 0 Å². The van der Waals surface area contributed by atoms with Crippen LogP contribution < -0.4 is 15.0 Å². The molecule has 3 aromatic carbocycles. The van der Waals surface area contributed by atoms with Gasteiger partial charge in [0.05, 0.1) is 23.8 Å². The fourth-order valence-electron chi connectivity index (χ4n) is 3.59. The van der Waals surface area contributed by atoms with E-state index in [2.05, 4.69) is 15.9 Å². The number of aromatic nitrogens is 1. The van der Waals surface area contributed by atoms with E-state index >= 15 is 0 Å². The summed E-state index contributed by atoms with van der Waals surface area (Å²) in [6, 6.07) is 23.0. The summed E-state index contributed by atoms with van der Waals surface area (Å²) in [4.78, 5) is 13.6. The van der Waals surface area contributed by atoms with E-state index in [1.54, 1.807) is 18.8 Å². The zero-order valence-corrected chi connectivity index (χ0v) is 18.9. The van der Waals surface area contributed by atoms with Gasteiger partial charge in [-0.25, -0.2) is 0 Å². The first-order valence-electron chi connectivity index (χ1n) is 9.79. The number of methoxy groups -OCH3 is 2. The first-order chi connectivity index (χ1) is 15.1. The van der Waals surface area contributed by atoms with Gasteiger partial charge < -0.3 is 18.8 Å². The second-order valence-electron chi connectivity index (χ2n) is 6.99. The number of hydrogen-bond donors (Lipinski definition) is 0. The highest BCUT2D eigenvalue weighted by Gasteiger charge is 2.19. The number of nitrogens with zero attached hydrogens (tertiary/aromatic N) is 1. The molecule has 0 amide bonds. The average molecular weight is 480 g/mol. The van der Waals surface area contributed by atoms with Gasteiger partial charge in [0.15, 0.2) is 6.79 Å². The second-order valence-corrected chi connectivity index (χ2v) is 7.79. The Labute approximate surface area is 188 Å². The van der Waals surface area contributed by atoms with E-state index in [1.807, 2.05) is 72.8 Å². The van der Waals surface area contributed by atoms with Crippen molar-refractivity contribution >= 4 is 26.7 Å². The maximum atomic E-state index is 13.6. The summed E-state index contributed by atoms with van der Waals surface area (Å²) in [5, 5.41) is 1.51. The van der Waals surface area contributed by atoms with E-state index in [0.29, 0.717) is 17.7 Å². The Hall–Kier alpha value is -3.09. The van der Waals surface area contributed by atoms with E-state index in [9.17, 15) is 4.79 Å². The van der Waals surface area contributed by atoms with Crippen molar-refractivity contribution in [3.8, 4) is 22.8 Å². The van der Waals surface area contributed by atoms with Gasteiger partial charge in [-0.05, 0) is 51.8 Å². The third-order valence-corrected chi connectivity index (χ3v) is 5.89. The minimum Gasteiger partial charge on any atom is -0.497 e. The Balaban J connectivity index is 1.96. The SMILES string of the molecule is COCOc1ccccc1-c1c(Br)c2ccccc2c(=O)n1Cc1ccc(OC)cc1. The molecule has 6 heteroatoms. The van der Waals surface area contributed by atoms with Crippen LogP contribution >= 0.6 is 15.9 Å². The molecule has 1 heterocycles. The summed E-state index contributed by atoms with van der Waals surface area (Å²) >= 11 is 3.78. The lowest BCUT2D eigenvalue weighted by atomic mass is 10.0. The predicted octanol–water partition coefficient (Wildman–Crippen LogP) is 5.47. The third kappa shape index (κ3) is 4.22. The van der Waals surface area contributed by atoms with E-state index in [-0.39, 0.29) is 12.4 Å². The monoisotopic (exact) mass is 479 g/mol. The maximum Gasteiger partial charge on any atom is 0.259 e. The van der Waals surface area contributed by atoms with Gasteiger partial charge in [0.25, 0.3) is 5.56 Å². The fraction of sp³-hybridized carbons (Fsp3) is 0.160. The molecule has 5 nitrogen and oxygen atoms in total. The molecule has 0 aliphatic carbocycles. The smallest absolute Gasteiger partial charge is 0.259 e. The van der Waals surface area contributed by atoms with Crippen LogP contribution in [-0.2, 0) is 11.3 Å². The number of rotatable bonds is 7. The van der Waals surface area contributed by atoms with Crippen LogP contribution in [-0.4, -0.2) is 25.6 Å². The summed E-state index contributed by atoms with van der Waals surface area (Å²) in [6.45, 7) is 0.519. The molecular weight excluding hydrogens is 458 g/mol. The van der Waals surface area contributed by atoms with Crippen molar-refractivity contribution in [1.29, 1.82) is 0 Å². The third-order valence-electron chi connectivity index (χ3n) is 5.09. The normalized spacial score (nSPS) is 10.9. The highest BCUT2D eigenvalue weighted by atomic mass is 79.9. The molecule has 0 spiro atoms. The zero-order valence-electron chi connectivity index (χ0n) is 17.3. The van der Waals surface area contributed by atoms with Gasteiger partial charge in [0.1, 0.15) is 11.5 Å². The van der Waals surface area contributed by atoms with Crippen molar-refractivity contribution in [3.05, 3.63) is 93.2 Å². The summed E-state index contributed by atoms with van der Waals surface area (Å²) < 4.78 is 18.8. The first kappa shape index (κ1) is 21.2. The molecular formula is C25H22BrNO4. The minimum atomic E-state index is -0.0637. The molecule has 0 radical (unpaired) electrons. The highest BCUT2D eigenvalue weighted by Crippen LogP contribution is 2.38. The van der Waals surface area contributed by atoms with Gasteiger partial charge in [-0.15, -0.1) is 0 Å². The minimum absolute atomic E-state index is 0.0637. The van der Waals surface area contributed by atoms with Crippen LogP contribution in [0.3, 0.4) is 0 Å². The molecule has 0 saturated carbocycles. The Morgan fingerprint density at radius 2 is 1.55 bits per heavy atom. The number of pyridine rings is 1. The predicted molar refractivity (Wildman–Crippen MR) is 126 cm³/mol. The molecule has 0 N–H and O–H groups in total. The summed E-state index contributed by atoms with van der Waals surface area (Å²) in [5.74, 6) is 1.41. The van der Waals surface area contributed by atoms with Crippen LogP contribution in [0.25, 0.3) is 22.0 Å². The number of fused-ring (bicyclic) bond motifs is 1. The molecule has 0 aliphatic rings. The van der Waals surface area contributed by atoms with Gasteiger partial charge in [0.2, 0.25) is 0 Å². The average Bonchev–Trinajstić information content (AvgIpc) is 2.82. The number of ether oxygens (including phenoxy) is 3. The molecule has 31 heavy (non-hydrogen) atoms. The maximum absolute atomic E-state index is 13.6. The van der Waals surface area contributed by atoms with E-state index in [0.717, 1.165) is 32.4 Å². The summed E-state index contributed by atoms with van der Waals surface area (Å²) in [6.07, 6.45) is 0. The molecule has 0 fully saturated rings. The summed E-state index contributed by atoms with van der Waals surface area (Å²) in [5.41, 5.74) is 2.49. The molecule has 158 valence electrons. The fourth-order valence-corrected chi connectivity index (χ4v) is 4.37.